The second-order valence-corrected chi connectivity index (χ2v) is 4.82. The summed E-state index contributed by atoms with van der Waals surface area (Å²) in [5.41, 5.74) is 0.285. The van der Waals surface area contributed by atoms with Gasteiger partial charge < -0.3 is 14.6 Å². The predicted molar refractivity (Wildman–Crippen MR) is 66.1 cm³/mol. The van der Waals surface area contributed by atoms with Crippen LogP contribution in [-0.2, 0) is 4.74 Å². The Kier molecular flexibility index (Phi) is 4.19. The van der Waals surface area contributed by atoms with Gasteiger partial charge in [0.2, 0.25) is 0 Å². The van der Waals surface area contributed by atoms with Gasteiger partial charge in [0.05, 0.1) is 18.3 Å². The summed E-state index contributed by atoms with van der Waals surface area (Å²) in [5.74, 6) is 0.0308. The van der Waals surface area contributed by atoms with Gasteiger partial charge in [0.1, 0.15) is 18.2 Å². The molecule has 1 saturated heterocycles. The van der Waals surface area contributed by atoms with E-state index >= 15 is 0 Å². The van der Waals surface area contributed by atoms with Gasteiger partial charge in [0.25, 0.3) is 0 Å². The molecule has 4 heteroatoms. The lowest BCUT2D eigenvalue weighted by Gasteiger charge is -2.14. The average molecular weight is 254 g/mol. The third kappa shape index (κ3) is 3.21. The van der Waals surface area contributed by atoms with Crippen molar-refractivity contribution in [1.82, 2.24) is 0 Å². The van der Waals surface area contributed by atoms with E-state index in [-0.39, 0.29) is 17.8 Å². The number of ether oxygens (including phenoxy) is 2. The molecule has 3 atom stereocenters. The zero-order chi connectivity index (χ0) is 13.1. The molecule has 100 valence electrons. The monoisotopic (exact) mass is 254 g/mol. The van der Waals surface area contributed by atoms with E-state index in [1.807, 2.05) is 6.92 Å². The molecule has 2 rings (SSSR count). The maximum absolute atomic E-state index is 13.6. The van der Waals surface area contributed by atoms with Gasteiger partial charge in [-0.25, -0.2) is 4.39 Å². The third-order valence-electron chi connectivity index (χ3n) is 3.18. The van der Waals surface area contributed by atoms with Gasteiger partial charge in [-0.2, -0.15) is 0 Å². The van der Waals surface area contributed by atoms with E-state index in [9.17, 15) is 9.50 Å². The summed E-state index contributed by atoms with van der Waals surface area (Å²) >= 11 is 0. The second-order valence-electron chi connectivity index (χ2n) is 4.82. The highest BCUT2D eigenvalue weighted by atomic mass is 19.1. The summed E-state index contributed by atoms with van der Waals surface area (Å²) in [6.45, 7) is 4.02. The predicted octanol–water partition coefficient (Wildman–Crippen LogP) is 2.83. The molecular weight excluding hydrogens is 235 g/mol. The Labute approximate surface area is 107 Å². The summed E-state index contributed by atoms with van der Waals surface area (Å²) in [7, 11) is 0. The van der Waals surface area contributed by atoms with E-state index in [0.717, 1.165) is 12.8 Å². The number of rotatable bonds is 4. The van der Waals surface area contributed by atoms with Gasteiger partial charge in [-0.1, -0.05) is 0 Å². The number of hydrogen-bond donors (Lipinski definition) is 1. The molecule has 1 aromatic rings. The normalized spacial score (nSPS) is 25.1. The fraction of sp³-hybridized carbons (Fsp3) is 0.571. The number of aliphatic hydroxyl groups excluding tert-OH is 1. The summed E-state index contributed by atoms with van der Waals surface area (Å²) < 4.78 is 24.7. The van der Waals surface area contributed by atoms with Crippen molar-refractivity contribution in [3.8, 4) is 5.75 Å². The van der Waals surface area contributed by atoms with E-state index in [1.165, 1.54) is 13.0 Å². The van der Waals surface area contributed by atoms with Crippen LogP contribution in [0.3, 0.4) is 0 Å². The molecule has 1 fully saturated rings. The Bertz CT molecular complexity index is 406. The summed E-state index contributed by atoms with van der Waals surface area (Å²) in [5, 5.41) is 9.33. The highest BCUT2D eigenvalue weighted by Crippen LogP contribution is 2.23. The second kappa shape index (κ2) is 5.67. The van der Waals surface area contributed by atoms with E-state index < -0.39 is 11.9 Å². The molecule has 2 unspecified atom stereocenters. The zero-order valence-corrected chi connectivity index (χ0v) is 10.7. The number of aliphatic hydroxyl groups is 1. The van der Waals surface area contributed by atoms with Crippen LogP contribution in [0.1, 0.15) is 38.4 Å². The molecule has 0 spiro atoms. The van der Waals surface area contributed by atoms with Crippen molar-refractivity contribution < 1.29 is 19.0 Å². The molecule has 0 amide bonds. The van der Waals surface area contributed by atoms with Crippen molar-refractivity contribution in [2.45, 2.75) is 45.0 Å². The first-order valence-electron chi connectivity index (χ1n) is 6.32. The Morgan fingerprint density at radius 2 is 2.28 bits per heavy atom. The van der Waals surface area contributed by atoms with Gasteiger partial charge in [-0.3, -0.25) is 0 Å². The van der Waals surface area contributed by atoms with Crippen LogP contribution < -0.4 is 4.74 Å². The largest absolute Gasteiger partial charge is 0.491 e. The first kappa shape index (κ1) is 13.3. The summed E-state index contributed by atoms with van der Waals surface area (Å²) in [4.78, 5) is 0. The van der Waals surface area contributed by atoms with Crippen LogP contribution >= 0.6 is 0 Å². The van der Waals surface area contributed by atoms with E-state index in [1.54, 1.807) is 12.1 Å². The van der Waals surface area contributed by atoms with Gasteiger partial charge in [-0.15, -0.1) is 0 Å². The summed E-state index contributed by atoms with van der Waals surface area (Å²) in [6.07, 6.45) is 1.60. The minimum atomic E-state index is -0.807. The molecule has 1 N–H and O–H groups in total. The van der Waals surface area contributed by atoms with Crippen molar-refractivity contribution in [2.24, 2.45) is 0 Å². The van der Waals surface area contributed by atoms with Gasteiger partial charge >= 0.3 is 0 Å². The molecule has 0 aromatic heterocycles. The summed E-state index contributed by atoms with van der Waals surface area (Å²) in [6, 6.07) is 4.53. The first-order chi connectivity index (χ1) is 8.56. The lowest BCUT2D eigenvalue weighted by Crippen LogP contribution is -2.18. The molecule has 0 radical (unpaired) electrons. The molecule has 1 aliphatic rings. The minimum absolute atomic E-state index is 0.0968. The lowest BCUT2D eigenvalue weighted by atomic mass is 10.1. The first-order valence-corrected chi connectivity index (χ1v) is 6.32. The van der Waals surface area contributed by atoms with Crippen LogP contribution in [0.25, 0.3) is 0 Å². The molecule has 1 aromatic carbocycles. The zero-order valence-electron chi connectivity index (χ0n) is 10.7. The Morgan fingerprint density at radius 3 is 2.83 bits per heavy atom. The van der Waals surface area contributed by atoms with Crippen LogP contribution in [0.4, 0.5) is 4.39 Å². The van der Waals surface area contributed by atoms with Crippen molar-refractivity contribution in [3.05, 3.63) is 29.6 Å². The Morgan fingerprint density at radius 1 is 1.50 bits per heavy atom. The molecule has 18 heavy (non-hydrogen) atoms. The Hall–Kier alpha value is -1.13. The number of hydrogen-bond acceptors (Lipinski definition) is 3. The van der Waals surface area contributed by atoms with Crippen molar-refractivity contribution in [1.29, 1.82) is 0 Å². The maximum Gasteiger partial charge on any atom is 0.132 e. The minimum Gasteiger partial charge on any atom is -0.491 e. The van der Waals surface area contributed by atoms with Gasteiger partial charge in [0, 0.05) is 11.6 Å². The smallest absolute Gasteiger partial charge is 0.132 e. The average Bonchev–Trinajstić information content (AvgIpc) is 2.72. The Balaban J connectivity index is 1.92. The van der Waals surface area contributed by atoms with Crippen molar-refractivity contribution in [3.63, 3.8) is 0 Å². The van der Waals surface area contributed by atoms with Crippen LogP contribution in [0.15, 0.2) is 18.2 Å². The highest BCUT2D eigenvalue weighted by Gasteiger charge is 2.22. The molecule has 0 aliphatic carbocycles. The van der Waals surface area contributed by atoms with E-state index in [4.69, 9.17) is 9.47 Å². The fourth-order valence-corrected chi connectivity index (χ4v) is 2.13. The maximum atomic E-state index is 13.6. The third-order valence-corrected chi connectivity index (χ3v) is 3.18. The van der Waals surface area contributed by atoms with Gasteiger partial charge in [0.15, 0.2) is 0 Å². The highest BCUT2D eigenvalue weighted by molar-refractivity contribution is 5.30. The number of benzene rings is 1. The van der Waals surface area contributed by atoms with Crippen molar-refractivity contribution >= 4 is 0 Å². The molecule has 0 bridgehead atoms. The van der Waals surface area contributed by atoms with E-state index in [2.05, 4.69) is 0 Å². The number of halogens is 1. The van der Waals surface area contributed by atoms with Crippen LogP contribution in [0.2, 0.25) is 0 Å². The molecule has 1 heterocycles. The molecule has 0 saturated carbocycles. The standard InChI is InChI=1S/C14H19FO3/c1-9-3-4-12(18-9)8-17-11-5-6-13(10(2)16)14(15)7-11/h5-7,9-10,12,16H,3-4,8H2,1-2H3/t9?,10-,12?/m1/s1. The van der Waals surface area contributed by atoms with Crippen LogP contribution in [0.5, 0.6) is 5.75 Å². The molecule has 3 nitrogen and oxygen atoms in total. The van der Waals surface area contributed by atoms with E-state index in [0.29, 0.717) is 12.4 Å². The SMILES string of the molecule is CC1CCC(COc2ccc([C@@H](C)O)c(F)c2)O1. The van der Waals surface area contributed by atoms with Gasteiger partial charge in [-0.05, 0) is 38.8 Å². The van der Waals surface area contributed by atoms with Crippen LogP contribution in [0, 0.1) is 5.82 Å². The molecular formula is C14H19FO3. The van der Waals surface area contributed by atoms with Crippen LogP contribution in [-0.4, -0.2) is 23.9 Å². The quantitative estimate of drug-likeness (QED) is 0.898. The fourth-order valence-electron chi connectivity index (χ4n) is 2.13. The molecule has 1 aliphatic heterocycles. The lowest BCUT2D eigenvalue weighted by molar-refractivity contribution is 0.0263. The van der Waals surface area contributed by atoms with Crippen molar-refractivity contribution in [2.75, 3.05) is 6.61 Å². The topological polar surface area (TPSA) is 38.7 Å².